The Morgan fingerprint density at radius 3 is 2.44 bits per heavy atom. The predicted molar refractivity (Wildman–Crippen MR) is 64.3 cm³/mol. The van der Waals surface area contributed by atoms with E-state index in [1.807, 2.05) is 6.92 Å². The van der Waals surface area contributed by atoms with E-state index >= 15 is 0 Å². The molecule has 5 nitrogen and oxygen atoms in total. The monoisotopic (exact) mass is 247 g/mol. The van der Waals surface area contributed by atoms with Crippen molar-refractivity contribution in [2.24, 2.45) is 5.92 Å². The summed E-state index contributed by atoms with van der Waals surface area (Å²) in [6.45, 7) is 1.85. The number of rotatable bonds is 2. The van der Waals surface area contributed by atoms with Gasteiger partial charge >= 0.3 is 5.97 Å². The van der Waals surface area contributed by atoms with Crippen molar-refractivity contribution in [2.75, 3.05) is 4.90 Å². The fourth-order valence-electron chi connectivity index (χ4n) is 2.06. The molecule has 5 heteroatoms. The zero-order valence-electron chi connectivity index (χ0n) is 9.92. The summed E-state index contributed by atoms with van der Waals surface area (Å²) in [4.78, 5) is 35.6. The maximum absolute atomic E-state index is 11.9. The fraction of sp³-hybridized carbons (Fsp3) is 0.308. The molecule has 0 saturated carbocycles. The average Bonchev–Trinajstić information content (AvgIpc) is 2.28. The number of nitrogens with zero attached hydrogens (tertiary/aromatic N) is 1. The normalized spacial score (nSPS) is 17.1. The van der Waals surface area contributed by atoms with Crippen LogP contribution in [0.5, 0.6) is 0 Å². The lowest BCUT2D eigenvalue weighted by Crippen LogP contribution is -2.42. The number of anilines is 1. The predicted octanol–water partition coefficient (Wildman–Crippen LogP) is 1.67. The maximum atomic E-state index is 11.9. The first kappa shape index (κ1) is 12.3. The van der Waals surface area contributed by atoms with E-state index in [2.05, 4.69) is 0 Å². The molecule has 1 aromatic carbocycles. The zero-order valence-corrected chi connectivity index (χ0v) is 9.92. The highest BCUT2D eigenvalue weighted by Gasteiger charge is 2.31. The summed E-state index contributed by atoms with van der Waals surface area (Å²) < 4.78 is 0. The molecule has 1 fully saturated rings. The molecule has 0 aliphatic carbocycles. The largest absolute Gasteiger partial charge is 0.478 e. The van der Waals surface area contributed by atoms with E-state index < -0.39 is 5.97 Å². The molecule has 0 aromatic heterocycles. The van der Waals surface area contributed by atoms with E-state index in [0.717, 1.165) is 4.90 Å². The highest BCUT2D eigenvalue weighted by atomic mass is 16.4. The summed E-state index contributed by atoms with van der Waals surface area (Å²) >= 11 is 0. The Hall–Kier alpha value is -2.17. The molecule has 0 spiro atoms. The van der Waals surface area contributed by atoms with Crippen LogP contribution in [0.4, 0.5) is 5.69 Å². The Balaban J connectivity index is 2.36. The molecule has 1 saturated heterocycles. The van der Waals surface area contributed by atoms with Gasteiger partial charge in [0.05, 0.1) is 11.3 Å². The molecule has 0 radical (unpaired) electrons. The van der Waals surface area contributed by atoms with Crippen LogP contribution in [0.25, 0.3) is 0 Å². The van der Waals surface area contributed by atoms with Crippen molar-refractivity contribution in [2.45, 2.75) is 19.8 Å². The van der Waals surface area contributed by atoms with E-state index in [0.29, 0.717) is 18.5 Å². The molecule has 2 amide bonds. The molecule has 94 valence electrons. The van der Waals surface area contributed by atoms with Crippen molar-refractivity contribution in [3.05, 3.63) is 29.8 Å². The number of carboxylic acid groups (broad SMARTS) is 1. The number of imide groups is 1. The van der Waals surface area contributed by atoms with Gasteiger partial charge < -0.3 is 5.11 Å². The van der Waals surface area contributed by atoms with E-state index in [4.69, 9.17) is 5.11 Å². The summed E-state index contributed by atoms with van der Waals surface area (Å²) in [5.74, 6) is -1.59. The quantitative estimate of drug-likeness (QED) is 0.807. The number of carbonyl (C=O) groups is 3. The van der Waals surface area contributed by atoms with Gasteiger partial charge in [-0.25, -0.2) is 4.79 Å². The van der Waals surface area contributed by atoms with Crippen molar-refractivity contribution < 1.29 is 19.5 Å². The summed E-state index contributed by atoms with van der Waals surface area (Å²) in [5.41, 5.74) is 0.392. The van der Waals surface area contributed by atoms with Gasteiger partial charge in [-0.15, -0.1) is 0 Å². The Labute approximate surface area is 104 Å². The molecule has 1 N–H and O–H groups in total. The van der Waals surface area contributed by atoms with E-state index in [-0.39, 0.29) is 23.3 Å². The second-order valence-corrected chi connectivity index (χ2v) is 4.49. The second-order valence-electron chi connectivity index (χ2n) is 4.49. The first-order valence-electron chi connectivity index (χ1n) is 5.68. The third kappa shape index (κ3) is 2.25. The lowest BCUT2D eigenvalue weighted by atomic mass is 9.97. The van der Waals surface area contributed by atoms with Crippen molar-refractivity contribution in [3.63, 3.8) is 0 Å². The van der Waals surface area contributed by atoms with Gasteiger partial charge in [0.25, 0.3) is 0 Å². The maximum Gasteiger partial charge on any atom is 0.335 e. The third-order valence-electron chi connectivity index (χ3n) is 2.90. The van der Waals surface area contributed by atoms with Gasteiger partial charge in [0, 0.05) is 12.8 Å². The Kier molecular flexibility index (Phi) is 3.14. The van der Waals surface area contributed by atoms with Gasteiger partial charge in [-0.3, -0.25) is 14.5 Å². The van der Waals surface area contributed by atoms with Crippen LogP contribution in [0.3, 0.4) is 0 Å². The second kappa shape index (κ2) is 4.60. The van der Waals surface area contributed by atoms with Crippen LogP contribution in [0.1, 0.15) is 30.1 Å². The molecular weight excluding hydrogens is 234 g/mol. The number of benzene rings is 1. The SMILES string of the molecule is CC1CC(=O)N(c2cccc(C(=O)O)c2)C(=O)C1. The molecule has 1 aromatic rings. The van der Waals surface area contributed by atoms with Crippen LogP contribution in [-0.4, -0.2) is 22.9 Å². The minimum Gasteiger partial charge on any atom is -0.478 e. The van der Waals surface area contributed by atoms with Crippen molar-refractivity contribution >= 4 is 23.5 Å². The number of hydrogen-bond acceptors (Lipinski definition) is 3. The topological polar surface area (TPSA) is 74.7 Å². The molecule has 0 atom stereocenters. The standard InChI is InChI=1S/C13H13NO4/c1-8-5-11(15)14(12(16)6-8)10-4-2-3-9(7-10)13(17)18/h2-4,7-8H,5-6H2,1H3,(H,17,18). The van der Waals surface area contributed by atoms with Gasteiger partial charge in [0.15, 0.2) is 0 Å². The molecule has 1 aliphatic heterocycles. The first-order valence-corrected chi connectivity index (χ1v) is 5.68. The smallest absolute Gasteiger partial charge is 0.335 e. The molecule has 1 aliphatic rings. The van der Waals surface area contributed by atoms with Gasteiger partial charge in [-0.05, 0) is 24.1 Å². The number of piperidine rings is 1. The van der Waals surface area contributed by atoms with Crippen LogP contribution in [0.15, 0.2) is 24.3 Å². The van der Waals surface area contributed by atoms with Gasteiger partial charge in [0.2, 0.25) is 11.8 Å². The molecule has 2 rings (SSSR count). The molecule has 1 heterocycles. The Morgan fingerprint density at radius 2 is 1.89 bits per heavy atom. The van der Waals surface area contributed by atoms with Crippen LogP contribution in [0, 0.1) is 5.92 Å². The lowest BCUT2D eigenvalue weighted by Gasteiger charge is -2.28. The molecular formula is C13H13NO4. The zero-order chi connectivity index (χ0) is 13.3. The van der Waals surface area contributed by atoms with Crippen molar-refractivity contribution in [1.29, 1.82) is 0 Å². The first-order chi connectivity index (χ1) is 8.49. The van der Waals surface area contributed by atoms with Gasteiger partial charge in [-0.1, -0.05) is 13.0 Å². The Morgan fingerprint density at radius 1 is 1.28 bits per heavy atom. The fourth-order valence-corrected chi connectivity index (χ4v) is 2.06. The van der Waals surface area contributed by atoms with Crippen LogP contribution < -0.4 is 4.90 Å². The summed E-state index contributed by atoms with van der Waals surface area (Å²) in [6.07, 6.45) is 0.617. The minimum atomic E-state index is -1.08. The van der Waals surface area contributed by atoms with E-state index in [1.165, 1.54) is 18.2 Å². The lowest BCUT2D eigenvalue weighted by molar-refractivity contribution is -0.130. The minimum absolute atomic E-state index is 0.0453. The highest BCUT2D eigenvalue weighted by Crippen LogP contribution is 2.25. The van der Waals surface area contributed by atoms with Gasteiger partial charge in [-0.2, -0.15) is 0 Å². The van der Waals surface area contributed by atoms with E-state index in [9.17, 15) is 14.4 Å². The highest BCUT2D eigenvalue weighted by molar-refractivity contribution is 6.16. The Bertz CT molecular complexity index is 505. The summed E-state index contributed by atoms with van der Waals surface area (Å²) in [6, 6.07) is 5.86. The molecule has 0 bridgehead atoms. The number of amides is 2. The molecule has 18 heavy (non-hydrogen) atoms. The molecule has 0 unspecified atom stereocenters. The van der Waals surface area contributed by atoms with E-state index in [1.54, 1.807) is 6.07 Å². The van der Waals surface area contributed by atoms with Crippen LogP contribution >= 0.6 is 0 Å². The van der Waals surface area contributed by atoms with Crippen molar-refractivity contribution in [3.8, 4) is 0 Å². The average molecular weight is 247 g/mol. The summed E-state index contributed by atoms with van der Waals surface area (Å²) in [7, 11) is 0. The number of carboxylic acids is 1. The number of carbonyl (C=O) groups excluding carboxylic acids is 2. The van der Waals surface area contributed by atoms with Gasteiger partial charge in [0.1, 0.15) is 0 Å². The van der Waals surface area contributed by atoms with Crippen molar-refractivity contribution in [1.82, 2.24) is 0 Å². The third-order valence-corrected chi connectivity index (χ3v) is 2.90. The number of aromatic carboxylic acids is 1. The summed E-state index contributed by atoms with van der Waals surface area (Å²) in [5, 5.41) is 8.89. The van der Waals surface area contributed by atoms with Crippen LogP contribution in [0.2, 0.25) is 0 Å². The number of hydrogen-bond donors (Lipinski definition) is 1. The van der Waals surface area contributed by atoms with Crippen LogP contribution in [-0.2, 0) is 9.59 Å².